The first-order valence-electron chi connectivity index (χ1n) is 10.3. The largest absolute Gasteiger partial charge is 0.342 e. The molecule has 2 saturated heterocycles. The van der Waals surface area contributed by atoms with Crippen LogP contribution in [0.1, 0.15) is 12.8 Å². The minimum Gasteiger partial charge on any atom is -0.342 e. The first kappa shape index (κ1) is 23.1. The minimum absolute atomic E-state index is 0.0288. The van der Waals surface area contributed by atoms with Gasteiger partial charge in [-0.05, 0) is 38.1 Å². The summed E-state index contributed by atoms with van der Waals surface area (Å²) in [5, 5.41) is 2.83. The summed E-state index contributed by atoms with van der Waals surface area (Å²) >= 11 is 4.70. The second-order valence-corrected chi connectivity index (χ2v) is 9.74. The molecule has 0 spiro atoms. The smallest absolute Gasteiger partial charge is 0.234 e. The first-order valence-corrected chi connectivity index (χ1v) is 12.3. The zero-order chi connectivity index (χ0) is 21.5. The quantitative estimate of drug-likeness (QED) is 0.652. The molecule has 7 nitrogen and oxygen atoms in total. The second-order valence-electron chi connectivity index (χ2n) is 7.83. The Labute approximate surface area is 190 Å². The number of benzene rings is 1. The van der Waals surface area contributed by atoms with Crippen LogP contribution in [0.15, 0.2) is 28.7 Å². The molecule has 2 aliphatic heterocycles. The number of piperidine rings is 1. The number of halogens is 1. The van der Waals surface area contributed by atoms with Crippen LogP contribution in [0.4, 0.5) is 5.69 Å². The molecule has 3 amide bonds. The molecule has 2 heterocycles. The highest BCUT2D eigenvalue weighted by Crippen LogP contribution is 2.21. The van der Waals surface area contributed by atoms with Gasteiger partial charge in [-0.3, -0.25) is 14.4 Å². The molecule has 2 aliphatic rings. The van der Waals surface area contributed by atoms with Gasteiger partial charge in [-0.15, -0.1) is 11.8 Å². The van der Waals surface area contributed by atoms with Gasteiger partial charge in [-0.1, -0.05) is 22.0 Å². The van der Waals surface area contributed by atoms with E-state index in [1.807, 2.05) is 34.1 Å². The van der Waals surface area contributed by atoms with Crippen molar-refractivity contribution >= 4 is 51.1 Å². The Hall–Kier alpha value is -1.58. The van der Waals surface area contributed by atoms with Crippen LogP contribution in [0.2, 0.25) is 0 Å². The number of amides is 3. The molecule has 9 heteroatoms. The van der Waals surface area contributed by atoms with E-state index < -0.39 is 0 Å². The average molecular weight is 497 g/mol. The maximum Gasteiger partial charge on any atom is 0.234 e. The molecule has 0 atom stereocenters. The van der Waals surface area contributed by atoms with Crippen molar-refractivity contribution in [2.75, 3.05) is 63.1 Å². The molecule has 1 aromatic carbocycles. The number of anilines is 1. The van der Waals surface area contributed by atoms with Gasteiger partial charge in [0.25, 0.3) is 0 Å². The van der Waals surface area contributed by atoms with E-state index in [1.54, 1.807) is 0 Å². The van der Waals surface area contributed by atoms with Crippen molar-refractivity contribution in [1.29, 1.82) is 0 Å². The van der Waals surface area contributed by atoms with Gasteiger partial charge < -0.3 is 20.0 Å². The van der Waals surface area contributed by atoms with Crippen LogP contribution in [0.25, 0.3) is 0 Å². The Morgan fingerprint density at radius 1 is 1.03 bits per heavy atom. The first-order chi connectivity index (χ1) is 14.4. The van der Waals surface area contributed by atoms with Crippen molar-refractivity contribution < 1.29 is 14.4 Å². The van der Waals surface area contributed by atoms with Gasteiger partial charge in [0.05, 0.1) is 11.5 Å². The topological polar surface area (TPSA) is 73.0 Å². The predicted octanol–water partition coefficient (Wildman–Crippen LogP) is 2.13. The summed E-state index contributed by atoms with van der Waals surface area (Å²) in [6.07, 6.45) is 1.45. The highest BCUT2D eigenvalue weighted by atomic mass is 79.9. The molecule has 1 N–H and O–H groups in total. The fourth-order valence-electron chi connectivity index (χ4n) is 3.75. The number of likely N-dealkylation sites (tertiary alicyclic amines) is 1. The normalized spacial score (nSPS) is 18.3. The lowest BCUT2D eigenvalue weighted by Gasteiger charge is -2.37. The summed E-state index contributed by atoms with van der Waals surface area (Å²) in [4.78, 5) is 43.3. The van der Waals surface area contributed by atoms with E-state index in [9.17, 15) is 14.4 Å². The van der Waals surface area contributed by atoms with E-state index in [4.69, 9.17) is 0 Å². The van der Waals surface area contributed by atoms with E-state index in [0.717, 1.165) is 49.2 Å². The molecule has 0 unspecified atom stereocenters. The van der Waals surface area contributed by atoms with E-state index >= 15 is 0 Å². The third-order valence-corrected chi connectivity index (χ3v) is 6.99. The summed E-state index contributed by atoms with van der Waals surface area (Å²) in [6, 6.07) is 7.41. The van der Waals surface area contributed by atoms with Gasteiger partial charge in [0.15, 0.2) is 0 Å². The lowest BCUT2D eigenvalue weighted by Crippen LogP contribution is -2.51. The molecule has 2 fully saturated rings. The zero-order valence-corrected chi connectivity index (χ0v) is 19.7. The molecule has 0 aliphatic carbocycles. The SMILES string of the molecule is CN1CCN(C(=O)C2CCN(C(=O)CSCC(=O)Nc3cccc(Br)c3)CC2)CC1. The van der Waals surface area contributed by atoms with Crippen LogP contribution >= 0.6 is 27.7 Å². The maximum absolute atomic E-state index is 12.7. The third kappa shape index (κ3) is 6.72. The molecule has 3 rings (SSSR count). The fraction of sp³-hybridized carbons (Fsp3) is 0.571. The van der Waals surface area contributed by atoms with Crippen LogP contribution in [-0.2, 0) is 14.4 Å². The number of hydrogen-bond donors (Lipinski definition) is 1. The molecule has 1 aromatic rings. The molecule has 30 heavy (non-hydrogen) atoms. The highest BCUT2D eigenvalue weighted by molar-refractivity contribution is 9.10. The predicted molar refractivity (Wildman–Crippen MR) is 123 cm³/mol. The minimum atomic E-state index is -0.123. The van der Waals surface area contributed by atoms with E-state index in [0.29, 0.717) is 13.1 Å². The molecule has 0 aromatic heterocycles. The van der Waals surface area contributed by atoms with Gasteiger partial charge in [0.1, 0.15) is 0 Å². The summed E-state index contributed by atoms with van der Waals surface area (Å²) in [5.74, 6) is 0.706. The van der Waals surface area contributed by atoms with Crippen molar-refractivity contribution in [3.05, 3.63) is 28.7 Å². The average Bonchev–Trinajstić information content (AvgIpc) is 2.74. The summed E-state index contributed by atoms with van der Waals surface area (Å²) in [7, 11) is 2.08. The Morgan fingerprint density at radius 3 is 2.40 bits per heavy atom. The number of hydrogen-bond acceptors (Lipinski definition) is 5. The molecule has 0 bridgehead atoms. The Kier molecular flexibility index (Phi) is 8.59. The van der Waals surface area contributed by atoms with Gasteiger partial charge in [-0.25, -0.2) is 0 Å². The number of rotatable bonds is 6. The maximum atomic E-state index is 12.7. The van der Waals surface area contributed by atoms with Crippen LogP contribution < -0.4 is 5.32 Å². The molecule has 164 valence electrons. The van der Waals surface area contributed by atoms with E-state index in [2.05, 4.69) is 33.2 Å². The van der Waals surface area contributed by atoms with Crippen LogP contribution in [0, 0.1) is 5.92 Å². The van der Waals surface area contributed by atoms with Crippen molar-refractivity contribution in [1.82, 2.24) is 14.7 Å². The van der Waals surface area contributed by atoms with Crippen LogP contribution in [-0.4, -0.2) is 90.2 Å². The number of carbonyl (C=O) groups is 3. The van der Waals surface area contributed by atoms with Crippen molar-refractivity contribution in [3.8, 4) is 0 Å². The number of piperazine rings is 1. The number of nitrogens with one attached hydrogen (secondary N) is 1. The van der Waals surface area contributed by atoms with Gasteiger partial charge in [0, 0.05) is 55.3 Å². The monoisotopic (exact) mass is 496 g/mol. The van der Waals surface area contributed by atoms with Gasteiger partial charge in [-0.2, -0.15) is 0 Å². The van der Waals surface area contributed by atoms with E-state index in [1.165, 1.54) is 11.8 Å². The third-order valence-electron chi connectivity index (χ3n) is 5.58. The van der Waals surface area contributed by atoms with Crippen LogP contribution in [0.5, 0.6) is 0 Å². The summed E-state index contributed by atoms with van der Waals surface area (Å²) in [5.41, 5.74) is 0.730. The number of likely N-dealkylation sites (N-methyl/N-ethyl adjacent to an activating group) is 1. The van der Waals surface area contributed by atoms with Crippen LogP contribution in [0.3, 0.4) is 0 Å². The van der Waals surface area contributed by atoms with E-state index in [-0.39, 0.29) is 35.1 Å². The number of thioether (sulfide) groups is 1. The highest BCUT2D eigenvalue weighted by Gasteiger charge is 2.31. The number of carbonyl (C=O) groups excluding carboxylic acids is 3. The Bertz CT molecular complexity index is 762. The molecule has 0 radical (unpaired) electrons. The zero-order valence-electron chi connectivity index (χ0n) is 17.3. The fourth-order valence-corrected chi connectivity index (χ4v) is 4.86. The standard InChI is InChI=1S/C21H29BrN4O3S/c1-24-9-11-26(12-10-24)21(29)16-5-7-25(8-6-16)20(28)15-30-14-19(27)23-18-4-2-3-17(22)13-18/h2-4,13,16H,5-12,14-15H2,1H3,(H,23,27). The summed E-state index contributed by atoms with van der Waals surface area (Å²) < 4.78 is 0.901. The molecular weight excluding hydrogens is 468 g/mol. The van der Waals surface area contributed by atoms with Gasteiger partial charge >= 0.3 is 0 Å². The Balaban J connectivity index is 1.34. The second kappa shape index (κ2) is 11.2. The van der Waals surface area contributed by atoms with Crippen molar-refractivity contribution in [2.45, 2.75) is 12.8 Å². The van der Waals surface area contributed by atoms with Gasteiger partial charge in [0.2, 0.25) is 17.7 Å². The lowest BCUT2D eigenvalue weighted by atomic mass is 9.95. The number of nitrogens with zero attached hydrogens (tertiary/aromatic N) is 3. The molecular formula is C21H29BrN4O3S. The molecule has 0 saturated carbocycles. The lowest BCUT2D eigenvalue weighted by molar-refractivity contribution is -0.141. The van der Waals surface area contributed by atoms with Crippen molar-refractivity contribution in [2.24, 2.45) is 5.92 Å². The van der Waals surface area contributed by atoms with Crippen molar-refractivity contribution in [3.63, 3.8) is 0 Å². The Morgan fingerprint density at radius 2 is 1.73 bits per heavy atom. The summed E-state index contributed by atoms with van der Waals surface area (Å²) in [6.45, 7) is 4.69.